The molecule has 29 heavy (non-hydrogen) atoms. The molecule has 0 saturated heterocycles. The highest BCUT2D eigenvalue weighted by Gasteiger charge is 2.16. The van der Waals surface area contributed by atoms with Gasteiger partial charge in [-0.2, -0.15) is 0 Å². The lowest BCUT2D eigenvalue weighted by molar-refractivity contribution is -0.119. The van der Waals surface area contributed by atoms with E-state index >= 15 is 0 Å². The van der Waals surface area contributed by atoms with E-state index in [2.05, 4.69) is 10.6 Å². The van der Waals surface area contributed by atoms with Crippen molar-refractivity contribution in [3.8, 4) is 0 Å². The van der Waals surface area contributed by atoms with Gasteiger partial charge < -0.3 is 15.4 Å². The lowest BCUT2D eigenvalue weighted by Gasteiger charge is -2.20. The van der Waals surface area contributed by atoms with Crippen molar-refractivity contribution in [3.05, 3.63) is 65.2 Å². The number of Topliss-reactive ketones (excluding diaryl/α,β-unsaturated/α-hetero) is 1. The molecule has 0 spiro atoms. The van der Waals surface area contributed by atoms with E-state index in [9.17, 15) is 19.2 Å². The van der Waals surface area contributed by atoms with Crippen LogP contribution in [-0.2, 0) is 9.53 Å². The molecule has 0 fully saturated rings. The van der Waals surface area contributed by atoms with Crippen LogP contribution < -0.4 is 10.6 Å². The van der Waals surface area contributed by atoms with E-state index in [1.165, 1.54) is 31.2 Å². The van der Waals surface area contributed by atoms with Gasteiger partial charge in [-0.05, 0) is 64.1 Å². The summed E-state index contributed by atoms with van der Waals surface area (Å²) < 4.78 is 5.00. The number of hydrogen-bond donors (Lipinski definition) is 2. The third-order valence-corrected chi connectivity index (χ3v) is 3.76. The van der Waals surface area contributed by atoms with Crippen LogP contribution in [0.1, 0.15) is 58.8 Å². The quantitative estimate of drug-likeness (QED) is 0.577. The number of carbonyl (C=O) groups excluding carboxylic acids is 4. The van der Waals surface area contributed by atoms with Crippen molar-refractivity contribution in [1.82, 2.24) is 5.32 Å². The fourth-order valence-electron chi connectivity index (χ4n) is 2.40. The van der Waals surface area contributed by atoms with Crippen LogP contribution in [-0.4, -0.2) is 35.7 Å². The van der Waals surface area contributed by atoms with E-state index in [1.54, 1.807) is 24.3 Å². The number of hydrogen-bond acceptors (Lipinski definition) is 5. The van der Waals surface area contributed by atoms with Gasteiger partial charge >= 0.3 is 5.97 Å². The molecular formula is C22H24N2O5. The molecule has 2 rings (SSSR count). The second kappa shape index (κ2) is 9.14. The Bertz CT molecular complexity index is 927. The van der Waals surface area contributed by atoms with Crippen LogP contribution in [0, 0.1) is 0 Å². The van der Waals surface area contributed by atoms with Gasteiger partial charge in [0.1, 0.15) is 0 Å². The van der Waals surface area contributed by atoms with Gasteiger partial charge in [0.15, 0.2) is 12.4 Å². The van der Waals surface area contributed by atoms with Crippen molar-refractivity contribution in [2.75, 3.05) is 11.9 Å². The summed E-state index contributed by atoms with van der Waals surface area (Å²) in [6.45, 7) is 6.57. The Morgan fingerprint density at radius 3 is 2.10 bits per heavy atom. The standard InChI is InChI=1S/C22H24N2O5/c1-14(25)17-6-5-7-18(12-17)23-19(26)13-29-21(28)16-10-8-15(9-11-16)20(27)24-22(2,3)4/h5-12H,13H2,1-4H3,(H,23,26)(H,24,27). The first-order valence-corrected chi connectivity index (χ1v) is 9.06. The summed E-state index contributed by atoms with van der Waals surface area (Å²) in [5.74, 6) is -1.57. The van der Waals surface area contributed by atoms with Gasteiger partial charge in [-0.1, -0.05) is 12.1 Å². The van der Waals surface area contributed by atoms with E-state index in [0.29, 0.717) is 16.8 Å². The van der Waals surface area contributed by atoms with Crippen molar-refractivity contribution in [2.45, 2.75) is 33.2 Å². The number of esters is 1. The number of amides is 2. The maximum Gasteiger partial charge on any atom is 0.338 e. The highest BCUT2D eigenvalue weighted by Crippen LogP contribution is 2.12. The predicted octanol–water partition coefficient (Wildman–Crippen LogP) is 3.21. The van der Waals surface area contributed by atoms with Crippen molar-refractivity contribution >= 4 is 29.3 Å². The van der Waals surface area contributed by atoms with Gasteiger partial charge in [-0.15, -0.1) is 0 Å². The molecule has 2 amide bonds. The Kier molecular flexibility index (Phi) is 6.88. The predicted molar refractivity (Wildman–Crippen MR) is 109 cm³/mol. The molecule has 0 aliphatic heterocycles. The Morgan fingerprint density at radius 2 is 1.52 bits per heavy atom. The van der Waals surface area contributed by atoms with Crippen LogP contribution in [0.2, 0.25) is 0 Å². The summed E-state index contributed by atoms with van der Waals surface area (Å²) in [6.07, 6.45) is 0. The average Bonchev–Trinajstić information content (AvgIpc) is 2.65. The average molecular weight is 396 g/mol. The van der Waals surface area contributed by atoms with E-state index in [4.69, 9.17) is 4.74 Å². The molecule has 0 saturated carbocycles. The minimum atomic E-state index is -0.680. The third kappa shape index (κ3) is 6.88. The normalized spacial score (nSPS) is 10.8. The Morgan fingerprint density at radius 1 is 0.897 bits per heavy atom. The topological polar surface area (TPSA) is 102 Å². The zero-order chi connectivity index (χ0) is 21.6. The molecule has 2 aromatic rings. The molecule has 7 nitrogen and oxygen atoms in total. The number of carbonyl (C=O) groups is 4. The monoisotopic (exact) mass is 396 g/mol. The molecule has 7 heteroatoms. The summed E-state index contributed by atoms with van der Waals surface area (Å²) in [6, 6.07) is 12.4. The number of ether oxygens (including phenoxy) is 1. The number of anilines is 1. The third-order valence-electron chi connectivity index (χ3n) is 3.76. The molecule has 0 radical (unpaired) electrons. The minimum absolute atomic E-state index is 0.118. The number of ketones is 1. The SMILES string of the molecule is CC(=O)c1cccc(NC(=O)COC(=O)c2ccc(C(=O)NC(C)(C)C)cc2)c1. The van der Waals surface area contributed by atoms with Crippen molar-refractivity contribution in [2.24, 2.45) is 0 Å². The zero-order valence-electron chi connectivity index (χ0n) is 16.9. The van der Waals surface area contributed by atoms with E-state index in [1.807, 2.05) is 20.8 Å². The molecule has 152 valence electrons. The van der Waals surface area contributed by atoms with Crippen molar-refractivity contribution in [1.29, 1.82) is 0 Å². The molecule has 0 aliphatic rings. The van der Waals surface area contributed by atoms with Crippen molar-refractivity contribution < 1.29 is 23.9 Å². The first-order chi connectivity index (χ1) is 13.5. The van der Waals surface area contributed by atoms with Gasteiger partial charge in [0.05, 0.1) is 5.56 Å². The largest absolute Gasteiger partial charge is 0.452 e. The van der Waals surface area contributed by atoms with Crippen molar-refractivity contribution in [3.63, 3.8) is 0 Å². The number of benzene rings is 2. The highest BCUT2D eigenvalue weighted by molar-refractivity contribution is 5.99. The summed E-state index contributed by atoms with van der Waals surface area (Å²) in [5.41, 5.74) is 1.18. The van der Waals surface area contributed by atoms with Crippen LogP contribution in [0.4, 0.5) is 5.69 Å². The Balaban J connectivity index is 1.90. The lowest BCUT2D eigenvalue weighted by atomic mass is 10.1. The molecule has 0 aliphatic carbocycles. The molecular weight excluding hydrogens is 372 g/mol. The van der Waals surface area contributed by atoms with Gasteiger partial charge in [-0.3, -0.25) is 14.4 Å². The molecule has 2 N–H and O–H groups in total. The molecule has 0 atom stereocenters. The first kappa shape index (κ1) is 21.8. The smallest absolute Gasteiger partial charge is 0.338 e. The van der Waals surface area contributed by atoms with Crippen LogP contribution in [0.3, 0.4) is 0 Å². The second-order valence-corrected chi connectivity index (χ2v) is 7.54. The maximum atomic E-state index is 12.1. The summed E-state index contributed by atoms with van der Waals surface area (Å²) in [4.78, 5) is 47.6. The molecule has 2 aromatic carbocycles. The fourth-order valence-corrected chi connectivity index (χ4v) is 2.40. The van der Waals surface area contributed by atoms with Gasteiger partial charge in [0.25, 0.3) is 11.8 Å². The van der Waals surface area contributed by atoms with Gasteiger partial charge in [-0.25, -0.2) is 4.79 Å². The van der Waals surface area contributed by atoms with Crippen LogP contribution in [0.15, 0.2) is 48.5 Å². The fraction of sp³-hybridized carbons (Fsp3) is 0.273. The summed E-state index contributed by atoms with van der Waals surface area (Å²) in [7, 11) is 0. The van der Waals surface area contributed by atoms with Crippen LogP contribution >= 0.6 is 0 Å². The molecule has 0 heterocycles. The van der Waals surface area contributed by atoms with Gasteiger partial charge in [0, 0.05) is 22.4 Å². The lowest BCUT2D eigenvalue weighted by Crippen LogP contribution is -2.40. The van der Waals surface area contributed by atoms with Crippen LogP contribution in [0.5, 0.6) is 0 Å². The zero-order valence-corrected chi connectivity index (χ0v) is 16.9. The highest BCUT2D eigenvalue weighted by atomic mass is 16.5. The molecule has 0 aromatic heterocycles. The summed E-state index contributed by atoms with van der Waals surface area (Å²) >= 11 is 0. The Hall–Kier alpha value is -3.48. The Labute approximate surface area is 169 Å². The van der Waals surface area contributed by atoms with E-state index < -0.39 is 18.5 Å². The van der Waals surface area contributed by atoms with E-state index in [0.717, 1.165) is 0 Å². The number of rotatable bonds is 6. The summed E-state index contributed by atoms with van der Waals surface area (Å²) in [5, 5.41) is 5.40. The van der Waals surface area contributed by atoms with E-state index in [-0.39, 0.29) is 22.8 Å². The minimum Gasteiger partial charge on any atom is -0.452 e. The molecule has 0 bridgehead atoms. The molecule has 0 unspecified atom stereocenters. The first-order valence-electron chi connectivity index (χ1n) is 9.06. The van der Waals surface area contributed by atoms with Gasteiger partial charge in [0.2, 0.25) is 0 Å². The maximum absolute atomic E-state index is 12.1. The van der Waals surface area contributed by atoms with Crippen LogP contribution in [0.25, 0.3) is 0 Å². The second-order valence-electron chi connectivity index (χ2n) is 7.54. The number of nitrogens with one attached hydrogen (secondary N) is 2.